The number of hydrogen-bond acceptors (Lipinski definition) is 6. The second-order valence-electron chi connectivity index (χ2n) is 13.2. The Morgan fingerprint density at radius 2 is 1.27 bits per heavy atom. The number of aliphatic imine (C=N–C) groups is 2. The van der Waals surface area contributed by atoms with Gasteiger partial charge in [-0.15, -0.1) is 0 Å². The molecule has 0 saturated carbocycles. The Labute approximate surface area is 297 Å². The van der Waals surface area contributed by atoms with E-state index in [1.54, 1.807) is 0 Å². The van der Waals surface area contributed by atoms with Gasteiger partial charge in [0.2, 0.25) is 0 Å². The number of furan rings is 2. The highest BCUT2D eigenvalue weighted by Crippen LogP contribution is 2.42. The minimum absolute atomic E-state index is 0.441. The van der Waals surface area contributed by atoms with Crippen LogP contribution in [0, 0.1) is 0 Å². The lowest BCUT2D eigenvalue weighted by Crippen LogP contribution is -2.34. The molecule has 10 aromatic rings. The molecule has 1 N–H and O–H groups in total. The molecular formula is C46H28N4O2. The predicted molar refractivity (Wildman–Crippen MR) is 211 cm³/mol. The molecule has 3 aromatic heterocycles. The Balaban J connectivity index is 1.18. The summed E-state index contributed by atoms with van der Waals surface area (Å²) in [7, 11) is 0. The molecule has 4 heterocycles. The Morgan fingerprint density at radius 1 is 0.519 bits per heavy atom. The van der Waals surface area contributed by atoms with Gasteiger partial charge in [-0.25, -0.2) is 9.98 Å². The third kappa shape index (κ3) is 4.41. The largest absolute Gasteiger partial charge is 0.456 e. The van der Waals surface area contributed by atoms with E-state index in [-0.39, 0.29) is 0 Å². The van der Waals surface area contributed by atoms with E-state index in [0.29, 0.717) is 5.84 Å². The molecule has 6 heteroatoms. The van der Waals surface area contributed by atoms with Crippen LogP contribution in [-0.2, 0) is 0 Å². The van der Waals surface area contributed by atoms with Crippen LogP contribution in [0.5, 0.6) is 0 Å². The van der Waals surface area contributed by atoms with Crippen molar-refractivity contribution in [3.63, 3.8) is 0 Å². The minimum Gasteiger partial charge on any atom is -0.456 e. The number of hydrogen-bond donors (Lipinski definition) is 1. The zero-order valence-electron chi connectivity index (χ0n) is 27.7. The average molecular weight is 669 g/mol. The lowest BCUT2D eigenvalue weighted by atomic mass is 9.90. The Bertz CT molecular complexity index is 3120. The summed E-state index contributed by atoms with van der Waals surface area (Å²) in [4.78, 5) is 15.2. The highest BCUT2D eigenvalue weighted by molar-refractivity contribution is 6.23. The molecule has 0 saturated heterocycles. The van der Waals surface area contributed by atoms with Gasteiger partial charge in [0, 0.05) is 55.9 Å². The SMILES string of the molecule is c1ccc(C2=NC(c3cccc4oc5ccccc5c34)NC(c3c(-c4cccc5oc6cc7ncccc7cc6c45)ccc4ccccc34)=N2)cc1. The van der Waals surface area contributed by atoms with E-state index in [0.717, 1.165) is 99.2 Å². The zero-order chi connectivity index (χ0) is 34.2. The lowest BCUT2D eigenvalue weighted by molar-refractivity contribution is 0.662. The molecule has 0 spiro atoms. The maximum Gasteiger partial charge on any atom is 0.159 e. The lowest BCUT2D eigenvalue weighted by Gasteiger charge is -2.26. The molecule has 0 fully saturated rings. The quantitative estimate of drug-likeness (QED) is 0.202. The van der Waals surface area contributed by atoms with Gasteiger partial charge in [-0.05, 0) is 52.2 Å². The van der Waals surface area contributed by atoms with Gasteiger partial charge in [0.1, 0.15) is 34.3 Å². The number of amidine groups is 2. The summed E-state index contributed by atoms with van der Waals surface area (Å²) >= 11 is 0. The molecule has 1 aliphatic heterocycles. The van der Waals surface area contributed by atoms with Gasteiger partial charge in [-0.1, -0.05) is 115 Å². The summed E-state index contributed by atoms with van der Waals surface area (Å²) in [5, 5.41) is 11.3. The summed E-state index contributed by atoms with van der Waals surface area (Å²) in [6.07, 6.45) is 1.38. The number of fused-ring (bicyclic) bond motifs is 8. The van der Waals surface area contributed by atoms with Crippen molar-refractivity contribution in [1.29, 1.82) is 0 Å². The molecule has 244 valence electrons. The topological polar surface area (TPSA) is 75.9 Å². The summed E-state index contributed by atoms with van der Waals surface area (Å²) in [6.45, 7) is 0. The van der Waals surface area contributed by atoms with Crippen LogP contribution >= 0.6 is 0 Å². The van der Waals surface area contributed by atoms with Crippen LogP contribution in [0.15, 0.2) is 177 Å². The Morgan fingerprint density at radius 3 is 2.19 bits per heavy atom. The summed E-state index contributed by atoms with van der Waals surface area (Å²) in [5.74, 6) is 1.41. The van der Waals surface area contributed by atoms with E-state index in [9.17, 15) is 0 Å². The average Bonchev–Trinajstić information content (AvgIpc) is 3.77. The molecule has 7 aromatic carbocycles. The standard InChI is InChI=1S/C46H28N4O2/c1-2-12-28(13-3-1)44-48-45(34-18-9-21-39-42(34)33-16-6-7-19-37(33)51-39)50-46(49-44)43-30-15-5-4-11-27(30)22-23-32(43)31-17-8-20-38-41(31)35-25-29-14-10-24-47-36(29)26-40(35)52-38/h1-26,45H,(H,48,49,50). The smallest absolute Gasteiger partial charge is 0.159 e. The number of benzene rings is 7. The van der Waals surface area contributed by atoms with Crippen LogP contribution < -0.4 is 5.32 Å². The van der Waals surface area contributed by atoms with E-state index in [2.05, 4.69) is 101 Å². The van der Waals surface area contributed by atoms with Crippen molar-refractivity contribution in [2.24, 2.45) is 9.98 Å². The van der Waals surface area contributed by atoms with Crippen molar-refractivity contribution in [2.75, 3.05) is 0 Å². The number of pyridine rings is 1. The maximum absolute atomic E-state index is 6.50. The van der Waals surface area contributed by atoms with Crippen LogP contribution in [0.2, 0.25) is 0 Å². The molecule has 0 amide bonds. The fourth-order valence-electron chi connectivity index (χ4n) is 7.85. The molecule has 0 bridgehead atoms. The third-order valence-corrected chi connectivity index (χ3v) is 10.2. The normalized spacial score (nSPS) is 14.7. The van der Waals surface area contributed by atoms with E-state index in [1.807, 2.05) is 66.9 Å². The van der Waals surface area contributed by atoms with Crippen molar-refractivity contribution in [1.82, 2.24) is 10.3 Å². The molecule has 52 heavy (non-hydrogen) atoms. The molecule has 11 rings (SSSR count). The molecular weight excluding hydrogens is 641 g/mol. The Hall–Kier alpha value is -7.05. The van der Waals surface area contributed by atoms with Crippen molar-refractivity contribution >= 4 is 77.2 Å². The number of aromatic nitrogens is 1. The number of rotatable bonds is 4. The molecule has 0 radical (unpaired) electrons. The van der Waals surface area contributed by atoms with E-state index in [1.165, 1.54) is 0 Å². The van der Waals surface area contributed by atoms with Gasteiger partial charge in [0.15, 0.2) is 5.84 Å². The predicted octanol–water partition coefficient (Wildman–Crippen LogP) is 11.3. The van der Waals surface area contributed by atoms with Gasteiger partial charge >= 0.3 is 0 Å². The minimum atomic E-state index is -0.441. The van der Waals surface area contributed by atoms with Crippen molar-refractivity contribution in [3.05, 3.63) is 175 Å². The van der Waals surface area contributed by atoms with Gasteiger partial charge < -0.3 is 14.2 Å². The molecule has 1 unspecified atom stereocenters. The van der Waals surface area contributed by atoms with Crippen molar-refractivity contribution in [2.45, 2.75) is 6.17 Å². The highest BCUT2D eigenvalue weighted by Gasteiger charge is 2.27. The van der Waals surface area contributed by atoms with Crippen molar-refractivity contribution in [3.8, 4) is 11.1 Å². The summed E-state index contributed by atoms with van der Waals surface area (Å²) in [5.41, 5.74) is 9.29. The van der Waals surface area contributed by atoms with Gasteiger partial charge in [0.25, 0.3) is 0 Å². The molecule has 1 atom stereocenters. The molecule has 6 nitrogen and oxygen atoms in total. The second kappa shape index (κ2) is 11.2. The summed E-state index contributed by atoms with van der Waals surface area (Å²) in [6, 6.07) is 52.1. The van der Waals surface area contributed by atoms with Crippen LogP contribution in [-0.4, -0.2) is 16.7 Å². The molecule has 0 aliphatic carbocycles. The van der Waals surface area contributed by atoms with E-state index in [4.69, 9.17) is 18.8 Å². The van der Waals surface area contributed by atoms with Crippen molar-refractivity contribution < 1.29 is 8.83 Å². The van der Waals surface area contributed by atoms with Crippen LogP contribution in [0.3, 0.4) is 0 Å². The first-order chi connectivity index (χ1) is 25.8. The monoisotopic (exact) mass is 668 g/mol. The van der Waals surface area contributed by atoms with Gasteiger partial charge in [0.05, 0.1) is 5.52 Å². The van der Waals surface area contributed by atoms with E-state index < -0.39 is 6.17 Å². The highest BCUT2D eigenvalue weighted by atomic mass is 16.3. The number of nitrogens with zero attached hydrogens (tertiary/aromatic N) is 3. The Kier molecular flexibility index (Phi) is 6.21. The maximum atomic E-state index is 6.50. The first-order valence-electron chi connectivity index (χ1n) is 17.4. The number of para-hydroxylation sites is 1. The van der Waals surface area contributed by atoms with Crippen LogP contribution in [0.4, 0.5) is 0 Å². The van der Waals surface area contributed by atoms with Gasteiger partial charge in [-0.2, -0.15) is 0 Å². The molecule has 1 aliphatic rings. The zero-order valence-corrected chi connectivity index (χ0v) is 27.7. The number of nitrogens with one attached hydrogen (secondary N) is 1. The second-order valence-corrected chi connectivity index (χ2v) is 13.2. The fourth-order valence-corrected chi connectivity index (χ4v) is 7.85. The fraction of sp³-hybridized carbons (Fsp3) is 0.0217. The van der Waals surface area contributed by atoms with Gasteiger partial charge in [-0.3, -0.25) is 4.98 Å². The third-order valence-electron chi connectivity index (χ3n) is 10.2. The summed E-state index contributed by atoms with van der Waals surface area (Å²) < 4.78 is 12.8. The van der Waals surface area contributed by atoms with E-state index >= 15 is 0 Å². The van der Waals surface area contributed by atoms with Crippen LogP contribution in [0.1, 0.15) is 22.9 Å². The first kappa shape index (κ1) is 28.8. The first-order valence-corrected chi connectivity index (χ1v) is 17.4. The van der Waals surface area contributed by atoms with Crippen LogP contribution in [0.25, 0.3) is 76.7 Å².